The van der Waals surface area contributed by atoms with Crippen molar-refractivity contribution in [2.75, 3.05) is 18.0 Å². The first kappa shape index (κ1) is 26.1. The van der Waals surface area contributed by atoms with E-state index in [1.54, 1.807) is 25.4 Å². The number of nitrogens with one attached hydrogen (secondary N) is 1. The van der Waals surface area contributed by atoms with Gasteiger partial charge in [0.2, 0.25) is 5.95 Å². The third-order valence-electron chi connectivity index (χ3n) is 6.36. The minimum absolute atomic E-state index is 0.0808. The largest absolute Gasteiger partial charge is 0.416 e. The topological polar surface area (TPSA) is 93.0 Å². The molecular formula is C26H27F3N6O2. The van der Waals surface area contributed by atoms with Crippen LogP contribution in [0.5, 0.6) is 0 Å². The number of carbonyl (C=O) groups excluding carboxylic acids is 1. The van der Waals surface area contributed by atoms with Crippen molar-refractivity contribution in [1.82, 2.24) is 24.8 Å². The molecule has 37 heavy (non-hydrogen) atoms. The summed E-state index contributed by atoms with van der Waals surface area (Å²) < 4.78 is 40.6. The Hall–Kier alpha value is -4.02. The molecule has 1 aliphatic rings. The van der Waals surface area contributed by atoms with Crippen molar-refractivity contribution in [3.63, 3.8) is 0 Å². The van der Waals surface area contributed by atoms with Gasteiger partial charge in [-0.05, 0) is 56.0 Å². The van der Waals surface area contributed by atoms with E-state index in [9.17, 15) is 22.8 Å². The highest BCUT2D eigenvalue weighted by molar-refractivity contribution is 5.96. The lowest BCUT2D eigenvalue weighted by molar-refractivity contribution is -0.137. The Bertz CT molecular complexity index is 1470. The van der Waals surface area contributed by atoms with Crippen LogP contribution in [0.2, 0.25) is 0 Å². The maximum Gasteiger partial charge on any atom is 0.416 e. The van der Waals surface area contributed by atoms with Gasteiger partial charge in [-0.15, -0.1) is 0 Å². The summed E-state index contributed by atoms with van der Waals surface area (Å²) >= 11 is 0. The number of aryl methyl sites for hydroxylation is 1. The Morgan fingerprint density at radius 2 is 1.95 bits per heavy atom. The molecular weight excluding hydrogens is 485 g/mol. The second-order valence-electron chi connectivity index (χ2n) is 8.80. The van der Waals surface area contributed by atoms with Crippen LogP contribution in [0.4, 0.5) is 19.1 Å². The number of hydrogen-bond acceptors (Lipinski definition) is 6. The predicted molar refractivity (Wildman–Crippen MR) is 135 cm³/mol. The summed E-state index contributed by atoms with van der Waals surface area (Å²) in [7, 11) is 1.62. The molecule has 0 bridgehead atoms. The number of benzene rings is 1. The maximum absolute atomic E-state index is 13.3. The van der Waals surface area contributed by atoms with Gasteiger partial charge >= 0.3 is 6.18 Å². The first-order valence-electron chi connectivity index (χ1n) is 11.9. The van der Waals surface area contributed by atoms with Crippen LogP contribution in [0.15, 0.2) is 53.1 Å². The molecule has 194 valence electrons. The van der Waals surface area contributed by atoms with Crippen LogP contribution >= 0.6 is 0 Å². The van der Waals surface area contributed by atoms with Gasteiger partial charge in [-0.1, -0.05) is 19.1 Å². The summed E-state index contributed by atoms with van der Waals surface area (Å²) in [5, 5.41) is 2.65. The fourth-order valence-electron chi connectivity index (χ4n) is 4.18. The fraction of sp³-hybridized carbons (Fsp3) is 0.346. The van der Waals surface area contributed by atoms with E-state index in [0.717, 1.165) is 12.1 Å². The number of halogens is 3. The smallest absolute Gasteiger partial charge is 0.341 e. The molecule has 1 unspecified atom stereocenters. The fourth-order valence-corrected chi connectivity index (χ4v) is 4.18. The average molecular weight is 513 g/mol. The van der Waals surface area contributed by atoms with Crippen LogP contribution < -0.4 is 15.8 Å². The minimum atomic E-state index is -4.56. The normalized spacial score (nSPS) is 15.8. The monoisotopic (exact) mass is 512 g/mol. The molecule has 2 aromatic heterocycles. The van der Waals surface area contributed by atoms with Gasteiger partial charge in [0.05, 0.1) is 11.8 Å². The van der Waals surface area contributed by atoms with Crippen molar-refractivity contribution < 1.29 is 18.0 Å². The van der Waals surface area contributed by atoms with Crippen molar-refractivity contribution in [2.45, 2.75) is 33.4 Å². The van der Waals surface area contributed by atoms with E-state index in [4.69, 9.17) is 0 Å². The number of amides is 1. The number of anilines is 1. The van der Waals surface area contributed by atoms with Crippen molar-refractivity contribution in [3.8, 4) is 0 Å². The molecule has 0 saturated carbocycles. The number of fused-ring (bicyclic) bond motifs is 1. The second kappa shape index (κ2) is 10.2. The number of rotatable bonds is 6. The van der Waals surface area contributed by atoms with E-state index in [-0.39, 0.29) is 22.7 Å². The molecule has 0 radical (unpaired) electrons. The van der Waals surface area contributed by atoms with Crippen LogP contribution in [0.1, 0.15) is 48.8 Å². The third kappa shape index (κ3) is 5.25. The number of alkyl halides is 3. The highest BCUT2D eigenvalue weighted by Crippen LogP contribution is 2.31. The van der Waals surface area contributed by atoms with E-state index in [2.05, 4.69) is 20.3 Å². The van der Waals surface area contributed by atoms with Crippen molar-refractivity contribution >= 4 is 28.6 Å². The highest BCUT2D eigenvalue weighted by Gasteiger charge is 2.31. The molecule has 1 N–H and O–H groups in total. The zero-order chi connectivity index (χ0) is 26.9. The summed E-state index contributed by atoms with van der Waals surface area (Å²) in [5.74, 6) is -0.253. The average Bonchev–Trinajstić information content (AvgIpc) is 2.88. The Labute approximate surface area is 211 Å². The number of aromatic nitrogens is 4. The number of carbonyl (C=O) groups is 1. The summed E-state index contributed by atoms with van der Waals surface area (Å²) in [6, 6.07) is 4.21. The minimum Gasteiger partial charge on any atom is -0.341 e. The molecule has 4 rings (SSSR count). The molecule has 1 atom stereocenters. The van der Waals surface area contributed by atoms with E-state index in [1.807, 2.05) is 25.7 Å². The molecule has 0 fully saturated rings. The van der Waals surface area contributed by atoms with Gasteiger partial charge in [0.1, 0.15) is 11.2 Å². The zero-order valence-electron chi connectivity index (χ0n) is 20.9. The van der Waals surface area contributed by atoms with E-state index in [0.29, 0.717) is 47.9 Å². The van der Waals surface area contributed by atoms with Gasteiger partial charge in [0.15, 0.2) is 5.65 Å². The van der Waals surface area contributed by atoms with Gasteiger partial charge < -0.3 is 10.2 Å². The van der Waals surface area contributed by atoms with Crippen molar-refractivity contribution in [2.24, 2.45) is 13.0 Å². The maximum atomic E-state index is 13.3. The summed E-state index contributed by atoms with van der Waals surface area (Å²) in [4.78, 5) is 41.5. The number of allylic oxidation sites excluding steroid dienone is 3. The molecule has 1 aromatic carbocycles. The molecule has 3 aromatic rings. The second-order valence-corrected chi connectivity index (χ2v) is 8.80. The number of hydrogen-bond donors (Lipinski definition) is 1. The van der Waals surface area contributed by atoms with Crippen molar-refractivity contribution in [1.29, 1.82) is 0 Å². The van der Waals surface area contributed by atoms with Gasteiger partial charge in [-0.3, -0.25) is 14.2 Å². The van der Waals surface area contributed by atoms with Crippen LogP contribution in [0, 0.1) is 5.92 Å². The van der Waals surface area contributed by atoms with E-state index < -0.39 is 17.6 Å². The van der Waals surface area contributed by atoms with Crippen molar-refractivity contribution in [3.05, 3.63) is 75.5 Å². The standard InChI is InChI=1S/C26H27F3N6O2/c1-5-35(6-2)25-30-14-20-22(33-25)34(4)24(37)21(32-20)19-13-18(11-10-15(19)3)31-23(36)16-8-7-9-17(12-16)26(27,28)29/h7-9,11-15H,5-6,10H2,1-4H3,(H,31,36). The van der Waals surface area contributed by atoms with Gasteiger partial charge in [-0.2, -0.15) is 18.2 Å². The predicted octanol–water partition coefficient (Wildman–Crippen LogP) is 4.33. The Kier molecular flexibility index (Phi) is 7.15. The molecule has 0 aliphatic heterocycles. The lowest BCUT2D eigenvalue weighted by atomic mass is 9.89. The van der Waals surface area contributed by atoms with Gasteiger partial charge in [-0.25, -0.2) is 9.97 Å². The number of nitrogens with zero attached hydrogens (tertiary/aromatic N) is 5. The van der Waals surface area contributed by atoms with Gasteiger partial charge in [0, 0.05) is 31.4 Å². The summed E-state index contributed by atoms with van der Waals surface area (Å²) in [5.41, 5.74) is 0.683. The first-order chi connectivity index (χ1) is 17.5. The highest BCUT2D eigenvalue weighted by atomic mass is 19.4. The van der Waals surface area contributed by atoms with E-state index >= 15 is 0 Å². The SMILES string of the molecule is CCN(CC)c1ncc2nc(C3=CC(NC(=O)c4cccc(C(F)(F)F)c4)=CCC3C)c(=O)n(C)c2n1. The van der Waals surface area contributed by atoms with Gasteiger partial charge in [0.25, 0.3) is 11.5 Å². The molecule has 1 amide bonds. The third-order valence-corrected chi connectivity index (χ3v) is 6.36. The molecule has 8 nitrogen and oxygen atoms in total. The Morgan fingerprint density at radius 3 is 2.62 bits per heavy atom. The first-order valence-corrected chi connectivity index (χ1v) is 11.9. The quantitative estimate of drug-likeness (QED) is 0.529. The summed E-state index contributed by atoms with van der Waals surface area (Å²) in [6.07, 6.45) is 0.940. The summed E-state index contributed by atoms with van der Waals surface area (Å²) in [6.45, 7) is 7.34. The Morgan fingerprint density at radius 1 is 1.22 bits per heavy atom. The Balaban J connectivity index is 1.67. The molecule has 0 spiro atoms. The molecule has 0 saturated heterocycles. The van der Waals surface area contributed by atoms with Crippen LogP contribution in [0.3, 0.4) is 0 Å². The molecule has 2 heterocycles. The molecule has 11 heteroatoms. The van der Waals surface area contributed by atoms with E-state index in [1.165, 1.54) is 16.7 Å². The lowest BCUT2D eigenvalue weighted by Gasteiger charge is -2.22. The molecule has 1 aliphatic carbocycles. The lowest BCUT2D eigenvalue weighted by Crippen LogP contribution is -2.29. The van der Waals surface area contributed by atoms with Crippen LogP contribution in [0.25, 0.3) is 16.7 Å². The zero-order valence-corrected chi connectivity index (χ0v) is 20.9. The van der Waals surface area contributed by atoms with Crippen LogP contribution in [-0.2, 0) is 13.2 Å². The van der Waals surface area contributed by atoms with Crippen LogP contribution in [-0.4, -0.2) is 38.5 Å².